The number of amides is 1. The Hall–Kier alpha value is -2.22. The lowest BCUT2D eigenvalue weighted by Gasteiger charge is -2.36. The average molecular weight is 294 g/mol. The molecule has 1 N–H and O–H groups in total. The van der Waals surface area contributed by atoms with Gasteiger partial charge >= 0.3 is 6.16 Å². The number of carbonyl (C=O) groups excluding carboxylic acids is 1. The second kappa shape index (κ2) is 4.41. The number of carboxylic acid groups (broad SMARTS) is 1. The topological polar surface area (TPSA) is 92.9 Å². The van der Waals surface area contributed by atoms with Crippen molar-refractivity contribution in [3.05, 3.63) is 34.2 Å². The minimum atomic E-state index is -1.44. The first-order valence-electron chi connectivity index (χ1n) is 5.73. The van der Waals surface area contributed by atoms with Crippen LogP contribution < -0.4 is 0 Å². The van der Waals surface area contributed by atoms with E-state index in [0.717, 1.165) is 0 Å². The van der Waals surface area contributed by atoms with Crippen molar-refractivity contribution in [1.29, 1.82) is 0 Å². The van der Waals surface area contributed by atoms with Crippen LogP contribution >= 0.6 is 11.8 Å². The maximum Gasteiger partial charge on any atom is 0.512 e. The van der Waals surface area contributed by atoms with Crippen LogP contribution in [-0.4, -0.2) is 32.4 Å². The van der Waals surface area contributed by atoms with Gasteiger partial charge in [-0.15, -0.1) is 0 Å². The fraction of sp³-hybridized carbons (Fsp3) is 0.250. The van der Waals surface area contributed by atoms with Gasteiger partial charge in [0.15, 0.2) is 11.7 Å². The molecule has 0 unspecified atom stereocenters. The van der Waals surface area contributed by atoms with Gasteiger partial charge in [0.25, 0.3) is 5.91 Å². The molecule has 3 heterocycles. The van der Waals surface area contributed by atoms with Gasteiger partial charge in [-0.3, -0.25) is 9.69 Å². The van der Waals surface area contributed by atoms with E-state index >= 15 is 0 Å². The number of carbonyl (C=O) groups is 2. The van der Waals surface area contributed by atoms with Gasteiger partial charge < -0.3 is 14.3 Å². The molecule has 1 amide bonds. The van der Waals surface area contributed by atoms with Gasteiger partial charge in [-0.25, -0.2) is 9.78 Å². The van der Waals surface area contributed by atoms with Crippen molar-refractivity contribution in [3.63, 3.8) is 0 Å². The van der Waals surface area contributed by atoms with E-state index in [-0.39, 0.29) is 17.2 Å². The number of β-lactam (4-membered cyclic amide) rings is 1. The van der Waals surface area contributed by atoms with Crippen LogP contribution in [0.3, 0.4) is 0 Å². The maximum atomic E-state index is 12.0. The van der Waals surface area contributed by atoms with E-state index in [1.54, 1.807) is 19.9 Å². The summed E-state index contributed by atoms with van der Waals surface area (Å²) in [5.74, 6) is 0.824. The minimum absolute atomic E-state index is 0.0418. The monoisotopic (exact) mass is 294 g/mol. The fourth-order valence-electron chi connectivity index (χ4n) is 2.07. The number of hydrogen-bond acceptors (Lipinski definition) is 6. The summed E-state index contributed by atoms with van der Waals surface area (Å²) < 4.78 is 9.94. The van der Waals surface area contributed by atoms with Crippen LogP contribution in [0.4, 0.5) is 4.79 Å². The molecule has 1 fully saturated rings. The van der Waals surface area contributed by atoms with Crippen molar-refractivity contribution in [3.8, 4) is 0 Å². The Morgan fingerprint density at radius 2 is 2.35 bits per heavy atom. The van der Waals surface area contributed by atoms with Crippen LogP contribution in [0.2, 0.25) is 0 Å². The highest BCUT2D eigenvalue weighted by Gasteiger charge is 2.49. The van der Waals surface area contributed by atoms with Crippen LogP contribution in [0.25, 0.3) is 6.08 Å². The Morgan fingerprint density at radius 3 is 2.95 bits per heavy atom. The smallest absolute Gasteiger partial charge is 0.449 e. The molecule has 0 radical (unpaired) electrons. The highest BCUT2D eigenvalue weighted by Crippen LogP contribution is 2.45. The van der Waals surface area contributed by atoms with Gasteiger partial charge in [0.05, 0.1) is 11.3 Å². The standard InChI is InChI=1S/C12H10N2O5S/c1-5-8(18-6(2)13-5)3-7-10(15)14-9(19-12(16)17)4-20-11(7)14/h3-4,11H,1-2H3,(H,16,17)/b7-3-/t11-/m0/s1. The van der Waals surface area contributed by atoms with Gasteiger partial charge in [-0.2, -0.15) is 0 Å². The third-order valence-corrected chi connectivity index (χ3v) is 3.98. The molecule has 0 bridgehead atoms. The Morgan fingerprint density at radius 1 is 1.60 bits per heavy atom. The molecule has 104 valence electrons. The van der Waals surface area contributed by atoms with Gasteiger partial charge in [-0.05, 0) is 13.0 Å². The molecule has 2 aliphatic rings. The minimum Gasteiger partial charge on any atom is -0.449 e. The highest BCUT2D eigenvalue weighted by atomic mass is 32.2. The Balaban J connectivity index is 1.82. The zero-order valence-corrected chi connectivity index (χ0v) is 11.4. The molecule has 20 heavy (non-hydrogen) atoms. The summed E-state index contributed by atoms with van der Waals surface area (Å²) in [4.78, 5) is 28.0. The average Bonchev–Trinajstić information content (AvgIpc) is 2.86. The van der Waals surface area contributed by atoms with Crippen LogP contribution in [0.15, 0.2) is 21.3 Å². The predicted molar refractivity (Wildman–Crippen MR) is 69.4 cm³/mol. The quantitative estimate of drug-likeness (QED) is 0.507. The number of hydrogen-bond donors (Lipinski definition) is 1. The summed E-state index contributed by atoms with van der Waals surface area (Å²) in [6.45, 7) is 3.53. The van der Waals surface area contributed by atoms with Crippen molar-refractivity contribution in [1.82, 2.24) is 9.88 Å². The second-order valence-corrected chi connectivity index (χ2v) is 5.22. The molecule has 8 heteroatoms. The van der Waals surface area contributed by atoms with Gasteiger partial charge in [0.2, 0.25) is 5.88 Å². The first-order valence-corrected chi connectivity index (χ1v) is 6.67. The summed E-state index contributed by atoms with van der Waals surface area (Å²) in [5.41, 5.74) is 1.24. The molecule has 0 spiro atoms. The van der Waals surface area contributed by atoms with Crippen LogP contribution in [0, 0.1) is 13.8 Å². The number of nitrogens with zero attached hydrogens (tertiary/aromatic N) is 2. The van der Waals surface area contributed by atoms with Gasteiger partial charge in [0, 0.05) is 12.3 Å². The highest BCUT2D eigenvalue weighted by molar-refractivity contribution is 8.03. The van der Waals surface area contributed by atoms with Crippen molar-refractivity contribution < 1.29 is 23.8 Å². The fourth-order valence-corrected chi connectivity index (χ4v) is 3.12. The lowest BCUT2D eigenvalue weighted by molar-refractivity contribution is -0.133. The van der Waals surface area contributed by atoms with E-state index in [2.05, 4.69) is 9.72 Å². The number of aromatic nitrogens is 1. The molecular weight excluding hydrogens is 284 g/mol. The number of fused-ring (bicyclic) bond motifs is 1. The lowest BCUT2D eigenvalue weighted by Crippen LogP contribution is -2.50. The summed E-state index contributed by atoms with van der Waals surface area (Å²) >= 11 is 1.31. The Labute approximate surface area is 117 Å². The summed E-state index contributed by atoms with van der Waals surface area (Å²) in [7, 11) is 0. The van der Waals surface area contributed by atoms with E-state index < -0.39 is 6.16 Å². The molecule has 0 aromatic carbocycles. The van der Waals surface area contributed by atoms with E-state index in [1.807, 2.05) is 0 Å². The van der Waals surface area contributed by atoms with Crippen molar-refractivity contribution in [2.75, 3.05) is 0 Å². The van der Waals surface area contributed by atoms with E-state index in [0.29, 0.717) is 22.9 Å². The maximum absolute atomic E-state index is 12.0. The van der Waals surface area contributed by atoms with Gasteiger partial charge in [0.1, 0.15) is 5.37 Å². The molecule has 7 nitrogen and oxygen atoms in total. The van der Waals surface area contributed by atoms with Gasteiger partial charge in [-0.1, -0.05) is 11.8 Å². The van der Waals surface area contributed by atoms with E-state index in [1.165, 1.54) is 22.1 Å². The third kappa shape index (κ3) is 1.88. The van der Waals surface area contributed by atoms with Crippen LogP contribution in [0.5, 0.6) is 0 Å². The van der Waals surface area contributed by atoms with Crippen molar-refractivity contribution >= 4 is 29.9 Å². The SMILES string of the molecule is Cc1nc(C)c(/C=C2/C(=O)N3C(OC(=O)O)=CS[C@@H]23)o1. The summed E-state index contributed by atoms with van der Waals surface area (Å²) in [6, 6.07) is 0. The van der Waals surface area contributed by atoms with Crippen molar-refractivity contribution in [2.45, 2.75) is 19.2 Å². The van der Waals surface area contributed by atoms with Crippen LogP contribution in [0.1, 0.15) is 17.3 Å². The normalized spacial score (nSPS) is 22.6. The van der Waals surface area contributed by atoms with Crippen LogP contribution in [-0.2, 0) is 9.53 Å². The van der Waals surface area contributed by atoms with E-state index in [9.17, 15) is 9.59 Å². The Kier molecular flexibility index (Phi) is 2.82. The molecular formula is C12H10N2O5S. The van der Waals surface area contributed by atoms with Crippen molar-refractivity contribution in [2.24, 2.45) is 0 Å². The zero-order valence-electron chi connectivity index (χ0n) is 10.6. The number of thioether (sulfide) groups is 1. The first-order chi connectivity index (χ1) is 9.47. The molecule has 1 atom stereocenters. The number of ether oxygens (including phenoxy) is 1. The zero-order chi connectivity index (χ0) is 14.4. The molecule has 1 aromatic heterocycles. The lowest BCUT2D eigenvalue weighted by atomic mass is 10.1. The van der Waals surface area contributed by atoms with E-state index in [4.69, 9.17) is 9.52 Å². The number of rotatable bonds is 2. The molecule has 2 aliphatic heterocycles. The molecule has 1 saturated heterocycles. The third-order valence-electron chi connectivity index (χ3n) is 2.92. The summed E-state index contributed by atoms with van der Waals surface area (Å²) in [6.07, 6.45) is 0.202. The second-order valence-electron chi connectivity index (χ2n) is 4.27. The predicted octanol–water partition coefficient (Wildman–Crippen LogP) is 2.08. The summed E-state index contributed by atoms with van der Waals surface area (Å²) in [5, 5.41) is 9.83. The number of aryl methyl sites for hydroxylation is 2. The largest absolute Gasteiger partial charge is 0.512 e. The number of oxazole rings is 1. The first kappa shape index (κ1) is 12.8. The molecule has 1 aromatic rings. The Bertz CT molecular complexity index is 675. The molecule has 3 rings (SSSR count). The molecule has 0 aliphatic carbocycles. The molecule has 0 saturated carbocycles.